The lowest BCUT2D eigenvalue weighted by atomic mass is 10.3. The third kappa shape index (κ3) is 2.43. The SMILES string of the molecule is Cc1scnc1C(=O)NCc1cccnc1. The average Bonchev–Trinajstić information content (AvgIpc) is 2.74. The Bertz CT molecular complexity index is 481. The van der Waals surface area contributed by atoms with Gasteiger partial charge in [0, 0.05) is 23.8 Å². The Balaban J connectivity index is 1.97. The van der Waals surface area contributed by atoms with E-state index in [1.165, 1.54) is 11.3 Å². The lowest BCUT2D eigenvalue weighted by molar-refractivity contribution is 0.0946. The van der Waals surface area contributed by atoms with E-state index in [1.807, 2.05) is 19.1 Å². The predicted molar refractivity (Wildman–Crippen MR) is 62.3 cm³/mol. The van der Waals surface area contributed by atoms with Crippen LogP contribution in [0, 0.1) is 6.92 Å². The van der Waals surface area contributed by atoms with Crippen LogP contribution in [0.15, 0.2) is 30.0 Å². The lowest BCUT2D eigenvalue weighted by Crippen LogP contribution is -2.23. The molecule has 0 aliphatic heterocycles. The second kappa shape index (κ2) is 4.85. The molecular weight excluding hydrogens is 222 g/mol. The number of aryl methyl sites for hydroxylation is 1. The van der Waals surface area contributed by atoms with Crippen LogP contribution in [0.25, 0.3) is 0 Å². The zero-order valence-corrected chi connectivity index (χ0v) is 9.62. The Morgan fingerprint density at radius 1 is 1.56 bits per heavy atom. The fourth-order valence-electron chi connectivity index (χ4n) is 1.29. The number of nitrogens with one attached hydrogen (secondary N) is 1. The standard InChI is InChI=1S/C11H11N3OS/c1-8-10(14-7-16-8)11(15)13-6-9-3-2-4-12-5-9/h2-5,7H,6H2,1H3,(H,13,15). The van der Waals surface area contributed by atoms with Crippen molar-refractivity contribution in [3.05, 3.63) is 46.2 Å². The van der Waals surface area contributed by atoms with Gasteiger partial charge in [0.25, 0.3) is 5.91 Å². The van der Waals surface area contributed by atoms with Gasteiger partial charge >= 0.3 is 0 Å². The number of amides is 1. The Kier molecular flexibility index (Phi) is 3.26. The van der Waals surface area contributed by atoms with E-state index >= 15 is 0 Å². The molecule has 0 atom stereocenters. The fraction of sp³-hybridized carbons (Fsp3) is 0.182. The highest BCUT2D eigenvalue weighted by Gasteiger charge is 2.10. The number of nitrogens with zero attached hydrogens (tertiary/aromatic N) is 2. The number of hydrogen-bond acceptors (Lipinski definition) is 4. The Labute approximate surface area is 97.4 Å². The van der Waals surface area contributed by atoms with E-state index < -0.39 is 0 Å². The molecule has 82 valence electrons. The van der Waals surface area contributed by atoms with Crippen LogP contribution in [0.3, 0.4) is 0 Å². The van der Waals surface area contributed by atoms with E-state index in [2.05, 4.69) is 15.3 Å². The van der Waals surface area contributed by atoms with Gasteiger partial charge in [-0.25, -0.2) is 4.98 Å². The molecule has 0 saturated heterocycles. The molecule has 2 aromatic rings. The van der Waals surface area contributed by atoms with Crippen LogP contribution in [-0.4, -0.2) is 15.9 Å². The maximum Gasteiger partial charge on any atom is 0.271 e. The van der Waals surface area contributed by atoms with Crippen LogP contribution in [0.2, 0.25) is 0 Å². The first-order valence-electron chi connectivity index (χ1n) is 4.84. The number of carbonyl (C=O) groups is 1. The van der Waals surface area contributed by atoms with Crippen molar-refractivity contribution in [3.63, 3.8) is 0 Å². The van der Waals surface area contributed by atoms with Crippen molar-refractivity contribution in [3.8, 4) is 0 Å². The molecule has 0 saturated carbocycles. The van der Waals surface area contributed by atoms with E-state index in [0.717, 1.165) is 10.4 Å². The molecule has 1 N–H and O–H groups in total. The first-order valence-corrected chi connectivity index (χ1v) is 5.72. The van der Waals surface area contributed by atoms with Gasteiger partial charge in [-0.15, -0.1) is 11.3 Å². The highest BCUT2D eigenvalue weighted by Crippen LogP contribution is 2.10. The van der Waals surface area contributed by atoms with Gasteiger partial charge in [-0.2, -0.15) is 0 Å². The molecule has 2 rings (SSSR count). The second-order valence-electron chi connectivity index (χ2n) is 3.30. The van der Waals surface area contributed by atoms with Gasteiger partial charge in [-0.1, -0.05) is 6.07 Å². The van der Waals surface area contributed by atoms with Crippen LogP contribution in [0.5, 0.6) is 0 Å². The average molecular weight is 233 g/mol. The fourth-order valence-corrected chi connectivity index (χ4v) is 1.87. The molecule has 0 aliphatic rings. The number of carbonyl (C=O) groups excluding carboxylic acids is 1. The van der Waals surface area contributed by atoms with Gasteiger partial charge < -0.3 is 5.32 Å². The molecule has 0 bridgehead atoms. The number of thiazole rings is 1. The van der Waals surface area contributed by atoms with E-state index in [9.17, 15) is 4.79 Å². The summed E-state index contributed by atoms with van der Waals surface area (Å²) in [5.41, 5.74) is 3.16. The summed E-state index contributed by atoms with van der Waals surface area (Å²) in [6, 6.07) is 3.76. The smallest absolute Gasteiger partial charge is 0.271 e. The topological polar surface area (TPSA) is 54.9 Å². The van der Waals surface area contributed by atoms with Gasteiger partial charge in [-0.05, 0) is 18.6 Å². The van der Waals surface area contributed by atoms with Crippen LogP contribution in [-0.2, 0) is 6.54 Å². The van der Waals surface area contributed by atoms with E-state index in [0.29, 0.717) is 12.2 Å². The normalized spacial score (nSPS) is 10.1. The number of aromatic nitrogens is 2. The van der Waals surface area contributed by atoms with Crippen molar-refractivity contribution < 1.29 is 4.79 Å². The first-order chi connectivity index (χ1) is 7.77. The third-order valence-corrected chi connectivity index (χ3v) is 2.89. The first kappa shape index (κ1) is 10.8. The van der Waals surface area contributed by atoms with Gasteiger partial charge in [0.1, 0.15) is 5.69 Å². The van der Waals surface area contributed by atoms with Crippen molar-refractivity contribution in [2.75, 3.05) is 0 Å². The number of hydrogen-bond donors (Lipinski definition) is 1. The minimum Gasteiger partial charge on any atom is -0.347 e. The van der Waals surface area contributed by atoms with E-state index in [4.69, 9.17) is 0 Å². The molecule has 0 aromatic carbocycles. The predicted octanol–water partition coefficient (Wildman–Crippen LogP) is 1.78. The molecule has 16 heavy (non-hydrogen) atoms. The molecule has 4 nitrogen and oxygen atoms in total. The minimum atomic E-state index is -0.136. The van der Waals surface area contributed by atoms with Crippen molar-refractivity contribution in [1.82, 2.24) is 15.3 Å². The molecule has 0 aliphatic carbocycles. The summed E-state index contributed by atoms with van der Waals surface area (Å²) in [6.07, 6.45) is 3.43. The monoisotopic (exact) mass is 233 g/mol. The van der Waals surface area contributed by atoms with Crippen molar-refractivity contribution in [2.24, 2.45) is 0 Å². The van der Waals surface area contributed by atoms with Gasteiger partial charge in [0.2, 0.25) is 0 Å². The van der Waals surface area contributed by atoms with E-state index in [-0.39, 0.29) is 5.91 Å². The Morgan fingerprint density at radius 3 is 3.06 bits per heavy atom. The molecule has 0 unspecified atom stereocenters. The second-order valence-corrected chi connectivity index (χ2v) is 4.36. The van der Waals surface area contributed by atoms with Crippen LogP contribution in [0.4, 0.5) is 0 Å². The Morgan fingerprint density at radius 2 is 2.44 bits per heavy atom. The zero-order chi connectivity index (χ0) is 11.4. The highest BCUT2D eigenvalue weighted by atomic mass is 32.1. The van der Waals surface area contributed by atoms with Gasteiger partial charge in [-0.3, -0.25) is 9.78 Å². The summed E-state index contributed by atoms with van der Waals surface area (Å²) in [5.74, 6) is -0.136. The summed E-state index contributed by atoms with van der Waals surface area (Å²) in [5, 5.41) is 2.81. The maximum atomic E-state index is 11.7. The maximum absolute atomic E-state index is 11.7. The molecule has 2 heterocycles. The molecule has 0 spiro atoms. The van der Waals surface area contributed by atoms with Crippen LogP contribution >= 0.6 is 11.3 Å². The molecule has 0 fully saturated rings. The third-order valence-electron chi connectivity index (χ3n) is 2.14. The number of pyridine rings is 1. The van der Waals surface area contributed by atoms with Crippen LogP contribution in [0.1, 0.15) is 20.9 Å². The molecule has 5 heteroatoms. The number of rotatable bonds is 3. The van der Waals surface area contributed by atoms with E-state index in [1.54, 1.807) is 17.9 Å². The summed E-state index contributed by atoms with van der Waals surface area (Å²) < 4.78 is 0. The highest BCUT2D eigenvalue weighted by molar-refractivity contribution is 7.09. The van der Waals surface area contributed by atoms with Crippen LogP contribution < -0.4 is 5.32 Å². The largest absolute Gasteiger partial charge is 0.347 e. The van der Waals surface area contributed by atoms with Crippen molar-refractivity contribution >= 4 is 17.2 Å². The van der Waals surface area contributed by atoms with Crippen molar-refractivity contribution in [1.29, 1.82) is 0 Å². The zero-order valence-electron chi connectivity index (χ0n) is 8.80. The summed E-state index contributed by atoms with van der Waals surface area (Å²) in [7, 11) is 0. The van der Waals surface area contributed by atoms with Gasteiger partial charge in [0.15, 0.2) is 0 Å². The summed E-state index contributed by atoms with van der Waals surface area (Å²) in [4.78, 5) is 20.6. The summed E-state index contributed by atoms with van der Waals surface area (Å²) >= 11 is 1.47. The quantitative estimate of drug-likeness (QED) is 0.879. The molecule has 1 amide bonds. The minimum absolute atomic E-state index is 0.136. The molecule has 2 aromatic heterocycles. The molecular formula is C11H11N3OS. The lowest BCUT2D eigenvalue weighted by Gasteiger charge is -2.03. The molecule has 0 radical (unpaired) electrons. The van der Waals surface area contributed by atoms with Gasteiger partial charge in [0.05, 0.1) is 5.51 Å². The van der Waals surface area contributed by atoms with Crippen molar-refractivity contribution in [2.45, 2.75) is 13.5 Å². The Hall–Kier alpha value is -1.75. The summed E-state index contributed by atoms with van der Waals surface area (Å²) in [6.45, 7) is 2.36.